The molecule has 3 fully saturated rings. The molecule has 3 heteroatoms. The lowest BCUT2D eigenvalue weighted by Crippen LogP contribution is -2.58. The lowest BCUT2D eigenvalue weighted by atomic mass is 9.46. The van der Waals surface area contributed by atoms with Crippen LogP contribution in [0.15, 0.2) is 23.3 Å². The molecule has 4 rings (SSSR count). The molecule has 4 aliphatic rings. The van der Waals surface area contributed by atoms with Gasteiger partial charge in [-0.15, -0.1) is 0 Å². The van der Waals surface area contributed by atoms with Crippen LogP contribution in [0, 0.1) is 34.5 Å². The van der Waals surface area contributed by atoms with Gasteiger partial charge in [0.05, 0.1) is 11.7 Å². The number of aliphatic hydroxyl groups is 3. The van der Waals surface area contributed by atoms with Crippen LogP contribution in [0.2, 0.25) is 0 Å². The molecule has 3 nitrogen and oxygen atoms in total. The summed E-state index contributed by atoms with van der Waals surface area (Å²) >= 11 is 0. The molecule has 0 unspecified atom stereocenters. The van der Waals surface area contributed by atoms with Crippen molar-refractivity contribution < 1.29 is 15.3 Å². The van der Waals surface area contributed by atoms with Gasteiger partial charge in [0.25, 0.3) is 0 Å². The summed E-state index contributed by atoms with van der Waals surface area (Å²) in [5.74, 6) is 1.90. The second-order valence-corrected chi connectivity index (χ2v) is 10.4. The second-order valence-electron chi connectivity index (χ2n) is 10.4. The van der Waals surface area contributed by atoms with Crippen LogP contribution in [0.3, 0.4) is 0 Å². The van der Waals surface area contributed by atoms with Crippen LogP contribution >= 0.6 is 0 Å². The fourth-order valence-electron chi connectivity index (χ4n) is 7.54. The van der Waals surface area contributed by atoms with Crippen LogP contribution in [0.25, 0.3) is 0 Å². The van der Waals surface area contributed by atoms with Gasteiger partial charge in [-0.3, -0.25) is 0 Å². The van der Waals surface area contributed by atoms with E-state index in [1.54, 1.807) is 0 Å². The molecule has 0 saturated heterocycles. The van der Waals surface area contributed by atoms with Gasteiger partial charge in [0, 0.05) is 18.4 Å². The van der Waals surface area contributed by atoms with Crippen molar-refractivity contribution in [3.63, 3.8) is 0 Å². The van der Waals surface area contributed by atoms with Gasteiger partial charge >= 0.3 is 0 Å². The van der Waals surface area contributed by atoms with Crippen LogP contribution in [0.4, 0.5) is 0 Å². The largest absolute Gasteiger partial charge is 0.396 e. The Labute approximate surface area is 158 Å². The van der Waals surface area contributed by atoms with E-state index < -0.39 is 11.7 Å². The molecule has 146 valence electrons. The minimum atomic E-state index is -0.870. The van der Waals surface area contributed by atoms with Crippen molar-refractivity contribution >= 4 is 0 Å². The summed E-state index contributed by atoms with van der Waals surface area (Å²) in [4.78, 5) is 0. The van der Waals surface area contributed by atoms with Crippen molar-refractivity contribution in [3.05, 3.63) is 23.3 Å². The van der Waals surface area contributed by atoms with E-state index in [0.29, 0.717) is 36.5 Å². The maximum Gasteiger partial charge on any atom is 0.0740 e. The standard InChI is InChI=1S/C23H36O3/c1-14(13-24)18-7-8-19-17-6-5-15-11-16(25)12-22(3,26)23(15,4)20(17)9-10-21(18,19)2/h5-6,14,16,18-20,24-26H,7-13H2,1-4H3/t14-,16-,18-,19+,20+,21-,22+,23+/m1/s1. The zero-order valence-electron chi connectivity index (χ0n) is 16.8. The Morgan fingerprint density at radius 2 is 1.85 bits per heavy atom. The molecule has 4 aliphatic carbocycles. The van der Waals surface area contributed by atoms with E-state index in [0.717, 1.165) is 6.42 Å². The highest BCUT2D eigenvalue weighted by molar-refractivity contribution is 5.41. The highest BCUT2D eigenvalue weighted by atomic mass is 16.3. The van der Waals surface area contributed by atoms with Crippen molar-refractivity contribution in [1.82, 2.24) is 0 Å². The van der Waals surface area contributed by atoms with E-state index >= 15 is 0 Å². The Bertz CT molecular complexity index is 648. The van der Waals surface area contributed by atoms with Crippen LogP contribution in [-0.4, -0.2) is 33.6 Å². The first-order valence-corrected chi connectivity index (χ1v) is 10.6. The van der Waals surface area contributed by atoms with Gasteiger partial charge in [-0.05, 0) is 68.1 Å². The van der Waals surface area contributed by atoms with Gasteiger partial charge in [0.15, 0.2) is 0 Å². The monoisotopic (exact) mass is 360 g/mol. The minimum absolute atomic E-state index is 0.266. The average Bonchev–Trinajstić information content (AvgIpc) is 2.92. The zero-order valence-corrected chi connectivity index (χ0v) is 16.8. The normalized spacial score (nSPS) is 51.7. The maximum absolute atomic E-state index is 11.4. The molecule has 26 heavy (non-hydrogen) atoms. The molecule has 0 aliphatic heterocycles. The average molecular weight is 361 g/mol. The van der Waals surface area contributed by atoms with Crippen LogP contribution < -0.4 is 0 Å². The molecule has 8 atom stereocenters. The van der Waals surface area contributed by atoms with Crippen molar-refractivity contribution in [2.24, 2.45) is 34.5 Å². The summed E-state index contributed by atoms with van der Waals surface area (Å²) in [6.07, 6.45) is 9.97. The fraction of sp³-hybridized carbons (Fsp3) is 0.826. The molecular weight excluding hydrogens is 324 g/mol. The Morgan fingerprint density at radius 3 is 2.54 bits per heavy atom. The van der Waals surface area contributed by atoms with E-state index in [1.807, 2.05) is 6.92 Å². The van der Waals surface area contributed by atoms with Gasteiger partial charge in [0.2, 0.25) is 0 Å². The minimum Gasteiger partial charge on any atom is -0.396 e. The first-order chi connectivity index (χ1) is 12.1. The molecule has 0 aromatic rings. The fourth-order valence-corrected chi connectivity index (χ4v) is 7.54. The molecule has 0 heterocycles. The number of fused-ring (bicyclic) bond motifs is 5. The van der Waals surface area contributed by atoms with Gasteiger partial charge in [0.1, 0.15) is 0 Å². The first kappa shape index (κ1) is 18.7. The summed E-state index contributed by atoms with van der Waals surface area (Å²) in [5, 5.41) is 31.4. The lowest BCUT2D eigenvalue weighted by molar-refractivity contribution is -0.124. The topological polar surface area (TPSA) is 60.7 Å². The SMILES string of the molecule is C[C@H](CO)[C@H]1CC[C@H]2C3=CC=C4C[C@@H](O)C[C@](C)(O)[C@]4(C)[C@H]3CC[C@]12C. The van der Waals surface area contributed by atoms with Crippen LogP contribution in [-0.2, 0) is 0 Å². The molecule has 0 aromatic carbocycles. The molecule has 0 spiro atoms. The molecule has 0 amide bonds. The third-order valence-electron chi connectivity index (χ3n) is 9.21. The molecule has 3 saturated carbocycles. The summed E-state index contributed by atoms with van der Waals surface area (Å²) < 4.78 is 0. The number of hydrogen-bond acceptors (Lipinski definition) is 3. The van der Waals surface area contributed by atoms with E-state index in [4.69, 9.17) is 0 Å². The predicted octanol–water partition coefficient (Wildman–Crippen LogP) is 3.84. The van der Waals surface area contributed by atoms with Gasteiger partial charge in [-0.2, -0.15) is 0 Å². The second kappa shape index (κ2) is 5.93. The van der Waals surface area contributed by atoms with Gasteiger partial charge in [-0.1, -0.05) is 44.1 Å². The van der Waals surface area contributed by atoms with E-state index in [9.17, 15) is 15.3 Å². The molecular formula is C23H36O3. The number of allylic oxidation sites excluding steroid dienone is 3. The molecule has 0 aromatic heterocycles. The van der Waals surface area contributed by atoms with Crippen molar-refractivity contribution in [2.75, 3.05) is 6.61 Å². The Kier molecular flexibility index (Phi) is 4.26. The smallest absolute Gasteiger partial charge is 0.0740 e. The molecule has 3 N–H and O–H groups in total. The summed E-state index contributed by atoms with van der Waals surface area (Å²) in [6.45, 7) is 9.11. The quantitative estimate of drug-likeness (QED) is 0.701. The van der Waals surface area contributed by atoms with Gasteiger partial charge < -0.3 is 15.3 Å². The Morgan fingerprint density at radius 1 is 1.12 bits per heavy atom. The van der Waals surface area contributed by atoms with Crippen molar-refractivity contribution in [2.45, 2.75) is 77.9 Å². The maximum atomic E-state index is 11.4. The first-order valence-electron chi connectivity index (χ1n) is 10.6. The third kappa shape index (κ3) is 2.29. The van der Waals surface area contributed by atoms with Gasteiger partial charge in [-0.25, -0.2) is 0 Å². The highest BCUT2D eigenvalue weighted by Gasteiger charge is 2.61. The summed E-state index contributed by atoms with van der Waals surface area (Å²) in [6, 6.07) is 0. The van der Waals surface area contributed by atoms with Crippen LogP contribution in [0.1, 0.15) is 66.2 Å². The number of hydrogen-bond donors (Lipinski definition) is 3. The summed E-state index contributed by atoms with van der Waals surface area (Å²) in [7, 11) is 0. The van der Waals surface area contributed by atoms with E-state index in [-0.39, 0.29) is 17.4 Å². The summed E-state index contributed by atoms with van der Waals surface area (Å²) in [5.41, 5.74) is 1.90. The van der Waals surface area contributed by atoms with Crippen LogP contribution in [0.5, 0.6) is 0 Å². The number of aliphatic hydroxyl groups excluding tert-OH is 2. The molecule has 0 bridgehead atoms. The molecule has 0 radical (unpaired) electrons. The third-order valence-corrected chi connectivity index (χ3v) is 9.21. The zero-order chi connectivity index (χ0) is 18.9. The Hall–Kier alpha value is -0.640. The van der Waals surface area contributed by atoms with Crippen molar-refractivity contribution in [1.29, 1.82) is 0 Å². The highest BCUT2D eigenvalue weighted by Crippen LogP contribution is 2.67. The van der Waals surface area contributed by atoms with Crippen molar-refractivity contribution in [3.8, 4) is 0 Å². The number of rotatable bonds is 2. The van der Waals surface area contributed by atoms with E-state index in [1.165, 1.54) is 30.4 Å². The lowest BCUT2D eigenvalue weighted by Gasteiger charge is -2.60. The predicted molar refractivity (Wildman–Crippen MR) is 103 cm³/mol. The van der Waals surface area contributed by atoms with E-state index in [2.05, 4.69) is 32.9 Å². The Balaban J connectivity index is 1.74.